The van der Waals surface area contributed by atoms with Crippen LogP contribution in [0.4, 0.5) is 0 Å². The Labute approximate surface area is 36.6 Å². The number of hydrogen-bond acceptors (Lipinski definition) is 1. The molecule has 1 unspecified atom stereocenters. The normalized spacial score (nSPS) is 30.5. The molecule has 1 rings (SSSR count). The zero-order valence-electron chi connectivity index (χ0n) is 3.35. The van der Waals surface area contributed by atoms with Gasteiger partial charge < -0.3 is 4.74 Å². The van der Waals surface area contributed by atoms with Crippen molar-refractivity contribution in [3.05, 3.63) is 12.3 Å². The lowest BCUT2D eigenvalue weighted by atomic mass is 10.4. The van der Waals surface area contributed by atoms with Gasteiger partial charge in [-0.05, 0) is 6.08 Å². The van der Waals surface area contributed by atoms with Gasteiger partial charge >= 0.3 is 0 Å². The third kappa shape index (κ3) is 0.518. The average Bonchev–Trinajstić information content (AvgIpc) is 1.86. The van der Waals surface area contributed by atoms with E-state index < -0.39 is 0 Å². The molecule has 0 aliphatic carbocycles. The Morgan fingerprint density at radius 1 is 1.83 bits per heavy atom. The van der Waals surface area contributed by atoms with Crippen molar-refractivity contribution in [1.82, 2.24) is 5.73 Å². The van der Waals surface area contributed by atoms with Crippen LogP contribution in [0.5, 0.6) is 0 Å². The van der Waals surface area contributed by atoms with E-state index in [0.29, 0.717) is 0 Å². The largest absolute Gasteiger partial charge is 0.482 e. The number of nitrogens with one attached hydrogen (secondary N) is 1. The molecule has 2 nitrogen and oxygen atoms in total. The molecule has 1 aliphatic heterocycles. The van der Waals surface area contributed by atoms with Crippen LogP contribution in [0.25, 0.3) is 0 Å². The molecule has 1 aliphatic rings. The van der Waals surface area contributed by atoms with Gasteiger partial charge in [-0.15, -0.1) is 0 Å². The van der Waals surface area contributed by atoms with Crippen molar-refractivity contribution in [1.29, 1.82) is 0 Å². The highest BCUT2D eigenvalue weighted by Gasteiger charge is 2.01. The molecular weight excluding hydrogens is 78.0 g/mol. The van der Waals surface area contributed by atoms with E-state index in [2.05, 4.69) is 4.74 Å². The topological polar surface area (TPSA) is 33.0 Å². The molecule has 1 radical (unpaired) electrons. The zero-order valence-corrected chi connectivity index (χ0v) is 3.35. The maximum atomic E-state index is 6.85. The van der Waals surface area contributed by atoms with Gasteiger partial charge in [0.1, 0.15) is 0 Å². The van der Waals surface area contributed by atoms with Crippen molar-refractivity contribution in [3.8, 4) is 0 Å². The molecule has 0 saturated carbocycles. The minimum atomic E-state index is -0.315. The van der Waals surface area contributed by atoms with Crippen molar-refractivity contribution >= 4 is 0 Å². The molecule has 33 valence electrons. The van der Waals surface area contributed by atoms with Crippen LogP contribution >= 0.6 is 0 Å². The van der Waals surface area contributed by atoms with Crippen LogP contribution in [0.3, 0.4) is 0 Å². The van der Waals surface area contributed by atoms with Crippen molar-refractivity contribution in [3.63, 3.8) is 0 Å². The van der Waals surface area contributed by atoms with Gasteiger partial charge in [0, 0.05) is 6.42 Å². The summed E-state index contributed by atoms with van der Waals surface area (Å²) in [7, 11) is 0. The van der Waals surface area contributed by atoms with Gasteiger partial charge in [-0.1, -0.05) is 0 Å². The lowest BCUT2D eigenvalue weighted by Crippen LogP contribution is -2.02. The highest BCUT2D eigenvalue weighted by Crippen LogP contribution is 2.02. The van der Waals surface area contributed by atoms with Crippen LogP contribution in [0, 0.1) is 0 Å². The summed E-state index contributed by atoms with van der Waals surface area (Å²) in [4.78, 5) is 0. The highest BCUT2D eigenvalue weighted by molar-refractivity contribution is 4.82. The van der Waals surface area contributed by atoms with E-state index in [1.165, 1.54) is 0 Å². The highest BCUT2D eigenvalue weighted by atomic mass is 16.5. The molecule has 1 heterocycles. The number of hydrogen-bond donors (Lipinski definition) is 0. The molecule has 0 aromatic carbocycles. The molecule has 0 amide bonds. The van der Waals surface area contributed by atoms with Crippen molar-refractivity contribution in [2.24, 2.45) is 0 Å². The Balaban J connectivity index is 2.32. The first-order valence-corrected chi connectivity index (χ1v) is 1.91. The molecule has 2 heteroatoms. The van der Waals surface area contributed by atoms with E-state index in [1.807, 2.05) is 6.08 Å². The summed E-state index contributed by atoms with van der Waals surface area (Å²) in [6.45, 7) is 0. The average molecular weight is 84.1 g/mol. The van der Waals surface area contributed by atoms with Crippen LogP contribution in [-0.4, -0.2) is 6.23 Å². The number of rotatable bonds is 0. The smallest absolute Gasteiger partial charge is 0.165 e. The van der Waals surface area contributed by atoms with E-state index in [1.54, 1.807) is 6.26 Å². The first kappa shape index (κ1) is 3.68. The lowest BCUT2D eigenvalue weighted by molar-refractivity contribution is 0.170. The summed E-state index contributed by atoms with van der Waals surface area (Å²) in [5, 5.41) is 0. The van der Waals surface area contributed by atoms with E-state index in [0.717, 1.165) is 6.42 Å². The maximum Gasteiger partial charge on any atom is 0.165 e. The van der Waals surface area contributed by atoms with Gasteiger partial charge in [-0.2, -0.15) is 0 Å². The third-order valence-corrected chi connectivity index (χ3v) is 0.689. The molecule has 0 spiro atoms. The van der Waals surface area contributed by atoms with Gasteiger partial charge in [0.25, 0.3) is 0 Å². The fourth-order valence-corrected chi connectivity index (χ4v) is 0.385. The van der Waals surface area contributed by atoms with Crippen LogP contribution in [0.2, 0.25) is 0 Å². The molecule has 0 saturated heterocycles. The van der Waals surface area contributed by atoms with Gasteiger partial charge in [-0.25, -0.2) is 5.73 Å². The summed E-state index contributed by atoms with van der Waals surface area (Å²) in [5.74, 6) is 0. The summed E-state index contributed by atoms with van der Waals surface area (Å²) >= 11 is 0. The van der Waals surface area contributed by atoms with Crippen LogP contribution in [-0.2, 0) is 4.74 Å². The van der Waals surface area contributed by atoms with Crippen LogP contribution < -0.4 is 5.73 Å². The predicted molar refractivity (Wildman–Crippen MR) is 21.7 cm³/mol. The van der Waals surface area contributed by atoms with E-state index in [9.17, 15) is 0 Å². The van der Waals surface area contributed by atoms with Crippen LogP contribution in [0.1, 0.15) is 6.42 Å². The van der Waals surface area contributed by atoms with E-state index in [4.69, 9.17) is 5.73 Å². The summed E-state index contributed by atoms with van der Waals surface area (Å²) < 4.78 is 4.64. The van der Waals surface area contributed by atoms with Gasteiger partial charge in [-0.3, -0.25) is 0 Å². The molecule has 0 fully saturated rings. The van der Waals surface area contributed by atoms with Crippen molar-refractivity contribution < 1.29 is 4.74 Å². The first-order valence-electron chi connectivity index (χ1n) is 1.91. The van der Waals surface area contributed by atoms with E-state index >= 15 is 0 Å². The Morgan fingerprint density at radius 3 is 2.83 bits per heavy atom. The lowest BCUT2D eigenvalue weighted by Gasteiger charge is -1.95. The fourth-order valence-electron chi connectivity index (χ4n) is 0.385. The fraction of sp³-hybridized carbons (Fsp3) is 0.500. The molecule has 6 heavy (non-hydrogen) atoms. The second-order valence-corrected chi connectivity index (χ2v) is 1.23. The molecule has 0 bridgehead atoms. The van der Waals surface area contributed by atoms with Gasteiger partial charge in [0.05, 0.1) is 6.26 Å². The predicted octanol–water partition coefficient (Wildman–Crippen LogP) is 0.529. The summed E-state index contributed by atoms with van der Waals surface area (Å²) in [5.41, 5.74) is 6.85. The third-order valence-electron chi connectivity index (χ3n) is 0.689. The minimum absolute atomic E-state index is 0.315. The Morgan fingerprint density at radius 2 is 2.67 bits per heavy atom. The monoisotopic (exact) mass is 84.0 g/mol. The molecule has 1 N–H and O–H groups in total. The van der Waals surface area contributed by atoms with Crippen molar-refractivity contribution in [2.45, 2.75) is 12.6 Å². The van der Waals surface area contributed by atoms with Gasteiger partial charge in [0.15, 0.2) is 6.23 Å². The molecule has 0 aromatic rings. The van der Waals surface area contributed by atoms with Crippen LogP contribution in [0.15, 0.2) is 12.3 Å². The second kappa shape index (κ2) is 1.30. The van der Waals surface area contributed by atoms with Gasteiger partial charge in [0.2, 0.25) is 0 Å². The molecule has 1 atom stereocenters. The quantitative estimate of drug-likeness (QED) is 0.421. The molecular formula is C4H6NO. The second-order valence-electron chi connectivity index (χ2n) is 1.23. The Hall–Kier alpha value is -0.500. The van der Waals surface area contributed by atoms with E-state index in [-0.39, 0.29) is 6.23 Å². The Bertz CT molecular complexity index is 61.9. The summed E-state index contributed by atoms with van der Waals surface area (Å²) in [6, 6.07) is 0. The number of ether oxygens (including phenoxy) is 1. The first-order chi connectivity index (χ1) is 2.89. The Kier molecular flexibility index (Phi) is 0.801. The maximum absolute atomic E-state index is 6.85. The van der Waals surface area contributed by atoms with Crippen molar-refractivity contribution in [2.75, 3.05) is 0 Å². The minimum Gasteiger partial charge on any atom is -0.482 e. The zero-order chi connectivity index (χ0) is 4.41. The summed E-state index contributed by atoms with van der Waals surface area (Å²) in [6.07, 6.45) is 3.85. The molecule has 0 aromatic heterocycles. The SMILES string of the molecule is [NH]C1CC=CO1. The standard InChI is InChI=1S/C4H6NO/c5-4-2-1-3-6-4/h1,3-5H,2H2.